The molecule has 1 aromatic carbocycles. The van der Waals surface area contributed by atoms with Crippen LogP contribution in [0.15, 0.2) is 28.7 Å². The zero-order chi connectivity index (χ0) is 22.8. The smallest absolute Gasteiger partial charge is 0.410 e. The van der Waals surface area contributed by atoms with Crippen LogP contribution < -0.4 is 0 Å². The third kappa shape index (κ3) is 5.99. The van der Waals surface area contributed by atoms with E-state index in [9.17, 15) is 14.7 Å². The zero-order valence-corrected chi connectivity index (χ0v) is 20.5. The first-order valence-corrected chi connectivity index (χ1v) is 11.7. The van der Waals surface area contributed by atoms with Gasteiger partial charge in [-0.25, -0.2) is 4.79 Å². The molecule has 2 aliphatic rings. The lowest BCUT2D eigenvalue weighted by molar-refractivity contribution is -0.144. The molecule has 172 valence electrons. The van der Waals surface area contributed by atoms with Crippen molar-refractivity contribution in [3.8, 4) is 0 Å². The molecule has 0 aromatic heterocycles. The number of piperazine rings is 1. The van der Waals surface area contributed by atoms with E-state index in [0.29, 0.717) is 39.0 Å². The number of rotatable bonds is 3. The highest BCUT2D eigenvalue weighted by Crippen LogP contribution is 2.39. The van der Waals surface area contributed by atoms with Gasteiger partial charge in [0, 0.05) is 43.7 Å². The molecule has 7 nitrogen and oxygen atoms in total. The van der Waals surface area contributed by atoms with Gasteiger partial charge in [0.1, 0.15) is 5.60 Å². The fourth-order valence-corrected chi connectivity index (χ4v) is 4.70. The molecule has 0 aliphatic carbocycles. The summed E-state index contributed by atoms with van der Waals surface area (Å²) in [5.41, 5.74) is -0.819. The normalized spacial score (nSPS) is 21.0. The highest BCUT2D eigenvalue weighted by molar-refractivity contribution is 9.10. The molecule has 2 saturated heterocycles. The average Bonchev–Trinajstić information content (AvgIpc) is 2.69. The summed E-state index contributed by atoms with van der Waals surface area (Å²) < 4.78 is 6.34. The maximum atomic E-state index is 13.7. The van der Waals surface area contributed by atoms with Crippen molar-refractivity contribution in [2.45, 2.75) is 50.7 Å². The van der Waals surface area contributed by atoms with Crippen LogP contribution in [0.25, 0.3) is 0 Å². The van der Waals surface area contributed by atoms with E-state index in [1.165, 1.54) is 0 Å². The molecule has 2 aliphatic heterocycles. The minimum absolute atomic E-state index is 0.0750. The predicted molar refractivity (Wildman–Crippen MR) is 123 cm³/mol. The van der Waals surface area contributed by atoms with Gasteiger partial charge in [-0.1, -0.05) is 28.1 Å². The number of amides is 2. The zero-order valence-electron chi connectivity index (χ0n) is 18.9. The van der Waals surface area contributed by atoms with Crippen molar-refractivity contribution >= 4 is 27.9 Å². The van der Waals surface area contributed by atoms with Crippen molar-refractivity contribution in [1.82, 2.24) is 14.7 Å². The number of benzene rings is 1. The largest absolute Gasteiger partial charge is 0.444 e. The summed E-state index contributed by atoms with van der Waals surface area (Å²) in [6.07, 6.45) is 0.742. The van der Waals surface area contributed by atoms with Crippen LogP contribution in [-0.2, 0) is 9.53 Å². The fraction of sp³-hybridized carbons (Fsp3) is 0.652. The van der Waals surface area contributed by atoms with Gasteiger partial charge in [0.25, 0.3) is 0 Å². The molecule has 1 aromatic rings. The Kier molecular flexibility index (Phi) is 7.33. The summed E-state index contributed by atoms with van der Waals surface area (Å²) in [5.74, 6) is -0.708. The van der Waals surface area contributed by atoms with Crippen LogP contribution in [0.3, 0.4) is 0 Å². The second-order valence-corrected chi connectivity index (χ2v) is 10.6. The summed E-state index contributed by atoms with van der Waals surface area (Å²) in [5, 5.41) is 11.6. The van der Waals surface area contributed by atoms with Gasteiger partial charge in [0.2, 0.25) is 5.91 Å². The van der Waals surface area contributed by atoms with Crippen LogP contribution in [0.4, 0.5) is 4.79 Å². The molecular weight excluding hydrogens is 462 g/mol. The molecule has 2 fully saturated rings. The van der Waals surface area contributed by atoms with Crippen molar-refractivity contribution in [2.75, 3.05) is 46.3 Å². The van der Waals surface area contributed by atoms with Crippen molar-refractivity contribution < 1.29 is 19.4 Å². The monoisotopic (exact) mass is 495 g/mol. The van der Waals surface area contributed by atoms with E-state index in [2.05, 4.69) is 20.8 Å². The Hall–Kier alpha value is -1.64. The minimum atomic E-state index is -1.09. The molecule has 0 spiro atoms. The molecule has 1 atom stereocenters. The molecular formula is C23H34BrN3O4. The summed E-state index contributed by atoms with van der Waals surface area (Å²) >= 11 is 3.50. The molecule has 0 radical (unpaired) electrons. The SMILES string of the molecule is CN1CCC(O)(C(C(=O)N2CCN(C(=O)OC(C)(C)C)CC2)c2cccc(Br)c2)CC1. The molecule has 0 bridgehead atoms. The van der Waals surface area contributed by atoms with E-state index in [1.54, 1.807) is 9.80 Å². The standard InChI is InChI=1S/C23H34BrN3O4/c1-22(2,3)31-21(29)27-14-12-26(13-15-27)20(28)19(17-6-5-7-18(24)16-17)23(30)8-10-25(4)11-9-23/h5-7,16,19,30H,8-15H2,1-4H3. The third-order valence-electron chi connectivity index (χ3n) is 6.06. The van der Waals surface area contributed by atoms with Crippen LogP contribution in [-0.4, -0.2) is 89.3 Å². The Morgan fingerprint density at radius 3 is 2.19 bits per heavy atom. The lowest BCUT2D eigenvalue weighted by Crippen LogP contribution is -2.56. The topological polar surface area (TPSA) is 73.3 Å². The van der Waals surface area contributed by atoms with E-state index in [0.717, 1.165) is 23.1 Å². The summed E-state index contributed by atoms with van der Waals surface area (Å²) in [6.45, 7) is 8.74. The van der Waals surface area contributed by atoms with Gasteiger partial charge in [0.05, 0.1) is 11.5 Å². The van der Waals surface area contributed by atoms with E-state index >= 15 is 0 Å². The maximum absolute atomic E-state index is 13.7. The molecule has 8 heteroatoms. The maximum Gasteiger partial charge on any atom is 0.410 e. The molecule has 1 N–H and O–H groups in total. The van der Waals surface area contributed by atoms with Gasteiger partial charge < -0.3 is 24.5 Å². The fourth-order valence-electron chi connectivity index (χ4n) is 4.28. The first-order valence-electron chi connectivity index (χ1n) is 10.9. The molecule has 2 amide bonds. The number of ether oxygens (including phenoxy) is 1. The van der Waals surface area contributed by atoms with Gasteiger partial charge in [0.15, 0.2) is 0 Å². The Morgan fingerprint density at radius 2 is 1.65 bits per heavy atom. The molecule has 3 rings (SSSR count). The second kappa shape index (κ2) is 9.46. The number of nitrogens with zero attached hydrogens (tertiary/aromatic N) is 3. The lowest BCUT2D eigenvalue weighted by Gasteiger charge is -2.44. The van der Waals surface area contributed by atoms with Gasteiger partial charge >= 0.3 is 6.09 Å². The number of hydrogen-bond donors (Lipinski definition) is 1. The van der Waals surface area contributed by atoms with Crippen LogP contribution in [0.1, 0.15) is 45.1 Å². The van der Waals surface area contributed by atoms with Gasteiger partial charge in [-0.15, -0.1) is 0 Å². The van der Waals surface area contributed by atoms with E-state index in [4.69, 9.17) is 4.74 Å². The summed E-state index contributed by atoms with van der Waals surface area (Å²) in [6, 6.07) is 7.66. The summed E-state index contributed by atoms with van der Waals surface area (Å²) in [4.78, 5) is 31.7. The van der Waals surface area contributed by atoms with Crippen LogP contribution >= 0.6 is 15.9 Å². The Labute approximate surface area is 193 Å². The van der Waals surface area contributed by atoms with E-state index < -0.39 is 17.1 Å². The highest BCUT2D eigenvalue weighted by Gasteiger charge is 2.46. The quantitative estimate of drug-likeness (QED) is 0.697. The molecule has 1 unspecified atom stereocenters. The number of carbonyl (C=O) groups excluding carboxylic acids is 2. The Morgan fingerprint density at radius 1 is 1.06 bits per heavy atom. The molecule has 2 heterocycles. The first-order chi connectivity index (χ1) is 14.5. The van der Waals surface area contributed by atoms with Crippen molar-refractivity contribution in [3.63, 3.8) is 0 Å². The number of carbonyl (C=O) groups is 2. The van der Waals surface area contributed by atoms with Crippen LogP contribution in [0.2, 0.25) is 0 Å². The Balaban J connectivity index is 1.76. The van der Waals surface area contributed by atoms with Gasteiger partial charge in [-0.2, -0.15) is 0 Å². The van der Waals surface area contributed by atoms with Crippen LogP contribution in [0, 0.1) is 0 Å². The average molecular weight is 496 g/mol. The molecule has 0 saturated carbocycles. The Bertz CT molecular complexity index is 794. The summed E-state index contributed by atoms with van der Waals surface area (Å²) in [7, 11) is 2.03. The minimum Gasteiger partial charge on any atom is -0.444 e. The highest BCUT2D eigenvalue weighted by atomic mass is 79.9. The predicted octanol–water partition coefficient (Wildman–Crippen LogP) is 3.07. The van der Waals surface area contributed by atoms with Crippen molar-refractivity contribution in [2.24, 2.45) is 0 Å². The van der Waals surface area contributed by atoms with Gasteiger partial charge in [-0.3, -0.25) is 4.79 Å². The number of halogens is 1. The third-order valence-corrected chi connectivity index (χ3v) is 6.56. The van der Waals surface area contributed by atoms with E-state index in [-0.39, 0.29) is 12.0 Å². The number of aliphatic hydroxyl groups is 1. The number of likely N-dealkylation sites (tertiary alicyclic amines) is 1. The number of piperidine rings is 1. The lowest BCUT2D eigenvalue weighted by atomic mass is 9.75. The van der Waals surface area contributed by atoms with Crippen LogP contribution in [0.5, 0.6) is 0 Å². The van der Waals surface area contributed by atoms with E-state index in [1.807, 2.05) is 52.1 Å². The second-order valence-electron chi connectivity index (χ2n) is 9.69. The molecule has 31 heavy (non-hydrogen) atoms. The first kappa shape index (κ1) is 24.0. The number of hydrogen-bond acceptors (Lipinski definition) is 5. The van der Waals surface area contributed by atoms with Crippen molar-refractivity contribution in [3.05, 3.63) is 34.3 Å². The van der Waals surface area contributed by atoms with Crippen molar-refractivity contribution in [1.29, 1.82) is 0 Å². The van der Waals surface area contributed by atoms with Gasteiger partial charge in [-0.05, 0) is 58.4 Å².